The maximum atomic E-state index is 12.7. The Balaban J connectivity index is 1.77. The molecule has 0 saturated carbocycles. The molecule has 1 aliphatic heterocycles. The number of hydrogen-bond acceptors (Lipinski definition) is 4. The molecule has 0 spiro atoms. The Morgan fingerprint density at radius 3 is 2.72 bits per heavy atom. The van der Waals surface area contributed by atoms with Crippen molar-refractivity contribution in [2.24, 2.45) is 0 Å². The molecule has 25 heavy (non-hydrogen) atoms. The SMILES string of the molecule is CC[C@@H]1CN(C(=O)c2cnccn2)CCC(=O)N1Cc1ccccc1. The summed E-state index contributed by atoms with van der Waals surface area (Å²) in [5, 5.41) is 0. The van der Waals surface area contributed by atoms with Crippen LogP contribution in [-0.4, -0.2) is 50.7 Å². The highest BCUT2D eigenvalue weighted by molar-refractivity contribution is 5.92. The van der Waals surface area contributed by atoms with Gasteiger partial charge in [-0.05, 0) is 12.0 Å². The van der Waals surface area contributed by atoms with Gasteiger partial charge in [-0.2, -0.15) is 0 Å². The highest BCUT2D eigenvalue weighted by Crippen LogP contribution is 2.18. The van der Waals surface area contributed by atoms with Crippen molar-refractivity contribution in [3.05, 3.63) is 60.2 Å². The van der Waals surface area contributed by atoms with Crippen LogP contribution in [0.5, 0.6) is 0 Å². The summed E-state index contributed by atoms with van der Waals surface area (Å²) in [5.41, 5.74) is 1.42. The van der Waals surface area contributed by atoms with Gasteiger partial charge in [-0.25, -0.2) is 4.98 Å². The second kappa shape index (κ2) is 7.88. The third-order valence-electron chi connectivity index (χ3n) is 4.52. The zero-order valence-electron chi connectivity index (χ0n) is 14.3. The van der Waals surface area contributed by atoms with Crippen molar-refractivity contribution in [3.63, 3.8) is 0 Å². The van der Waals surface area contributed by atoms with E-state index in [9.17, 15) is 9.59 Å². The van der Waals surface area contributed by atoms with E-state index in [0.29, 0.717) is 31.7 Å². The van der Waals surface area contributed by atoms with Crippen molar-refractivity contribution in [3.8, 4) is 0 Å². The molecule has 2 aromatic rings. The lowest BCUT2D eigenvalue weighted by molar-refractivity contribution is -0.133. The molecule has 130 valence electrons. The molecule has 6 heteroatoms. The summed E-state index contributed by atoms with van der Waals surface area (Å²) in [6.45, 7) is 3.55. The smallest absolute Gasteiger partial charge is 0.274 e. The van der Waals surface area contributed by atoms with E-state index in [2.05, 4.69) is 9.97 Å². The van der Waals surface area contributed by atoms with E-state index in [1.807, 2.05) is 42.2 Å². The van der Waals surface area contributed by atoms with Crippen LogP contribution >= 0.6 is 0 Å². The fourth-order valence-corrected chi connectivity index (χ4v) is 3.12. The Hall–Kier alpha value is -2.76. The molecule has 2 amide bonds. The number of aromatic nitrogens is 2. The van der Waals surface area contributed by atoms with Crippen LogP contribution < -0.4 is 0 Å². The Morgan fingerprint density at radius 1 is 1.24 bits per heavy atom. The quantitative estimate of drug-likeness (QED) is 0.856. The molecule has 0 radical (unpaired) electrons. The molecular formula is C19H22N4O2. The summed E-state index contributed by atoms with van der Waals surface area (Å²) < 4.78 is 0. The van der Waals surface area contributed by atoms with Crippen molar-refractivity contribution in [2.45, 2.75) is 32.4 Å². The van der Waals surface area contributed by atoms with Gasteiger partial charge in [0.2, 0.25) is 5.91 Å². The predicted octanol–water partition coefficient (Wildman–Crippen LogP) is 2.13. The molecule has 3 rings (SSSR count). The molecule has 1 aliphatic rings. The summed E-state index contributed by atoms with van der Waals surface area (Å²) >= 11 is 0. The van der Waals surface area contributed by atoms with Gasteiger partial charge in [0.1, 0.15) is 5.69 Å². The van der Waals surface area contributed by atoms with E-state index in [1.54, 1.807) is 11.1 Å². The van der Waals surface area contributed by atoms with Crippen LogP contribution in [-0.2, 0) is 11.3 Å². The van der Waals surface area contributed by atoms with Crippen LogP contribution in [0.25, 0.3) is 0 Å². The van der Waals surface area contributed by atoms with Crippen LogP contribution in [0.3, 0.4) is 0 Å². The largest absolute Gasteiger partial charge is 0.335 e. The van der Waals surface area contributed by atoms with Crippen molar-refractivity contribution in [2.75, 3.05) is 13.1 Å². The number of rotatable bonds is 4. The molecule has 0 bridgehead atoms. The lowest BCUT2D eigenvalue weighted by Crippen LogP contribution is -2.43. The first kappa shape index (κ1) is 17.1. The summed E-state index contributed by atoms with van der Waals surface area (Å²) in [6.07, 6.45) is 5.64. The first-order valence-corrected chi connectivity index (χ1v) is 8.57. The Labute approximate surface area is 147 Å². The van der Waals surface area contributed by atoms with Gasteiger partial charge in [0.05, 0.1) is 6.20 Å². The fraction of sp³-hybridized carbons (Fsp3) is 0.368. The van der Waals surface area contributed by atoms with Crippen molar-refractivity contribution >= 4 is 11.8 Å². The van der Waals surface area contributed by atoms with Crippen LogP contribution in [0.2, 0.25) is 0 Å². The van der Waals surface area contributed by atoms with Gasteiger partial charge < -0.3 is 9.80 Å². The first-order chi connectivity index (χ1) is 12.2. The van der Waals surface area contributed by atoms with E-state index >= 15 is 0 Å². The normalized spacial score (nSPS) is 18.1. The maximum absolute atomic E-state index is 12.7. The second-order valence-corrected chi connectivity index (χ2v) is 6.16. The summed E-state index contributed by atoms with van der Waals surface area (Å²) in [7, 11) is 0. The van der Waals surface area contributed by atoms with Crippen LogP contribution in [0, 0.1) is 0 Å². The van der Waals surface area contributed by atoms with Crippen molar-refractivity contribution in [1.82, 2.24) is 19.8 Å². The van der Waals surface area contributed by atoms with Gasteiger partial charge in [0.15, 0.2) is 0 Å². The third-order valence-corrected chi connectivity index (χ3v) is 4.52. The minimum absolute atomic E-state index is 0.00386. The zero-order valence-corrected chi connectivity index (χ0v) is 14.3. The average Bonchev–Trinajstić information content (AvgIpc) is 2.82. The number of carbonyl (C=O) groups is 2. The van der Waals surface area contributed by atoms with Crippen LogP contribution in [0.15, 0.2) is 48.9 Å². The van der Waals surface area contributed by atoms with Crippen molar-refractivity contribution < 1.29 is 9.59 Å². The number of amides is 2. The zero-order chi connectivity index (χ0) is 17.6. The second-order valence-electron chi connectivity index (χ2n) is 6.16. The number of benzene rings is 1. The molecule has 0 unspecified atom stereocenters. The summed E-state index contributed by atoms with van der Waals surface area (Å²) in [6, 6.07) is 9.95. The van der Waals surface area contributed by atoms with Gasteiger partial charge >= 0.3 is 0 Å². The summed E-state index contributed by atoms with van der Waals surface area (Å²) in [5.74, 6) is -0.0777. The molecule has 6 nitrogen and oxygen atoms in total. The highest BCUT2D eigenvalue weighted by Gasteiger charge is 2.31. The predicted molar refractivity (Wildman–Crippen MR) is 93.6 cm³/mol. The van der Waals surface area contributed by atoms with Gasteiger partial charge in [-0.1, -0.05) is 37.3 Å². The van der Waals surface area contributed by atoms with Gasteiger partial charge in [0, 0.05) is 44.5 Å². The highest BCUT2D eigenvalue weighted by atomic mass is 16.2. The van der Waals surface area contributed by atoms with E-state index in [1.165, 1.54) is 12.4 Å². The molecule has 0 N–H and O–H groups in total. The third kappa shape index (κ3) is 4.02. The molecule has 1 aromatic carbocycles. The first-order valence-electron chi connectivity index (χ1n) is 8.57. The van der Waals surface area contributed by atoms with Gasteiger partial charge in [0.25, 0.3) is 5.91 Å². The van der Waals surface area contributed by atoms with E-state index < -0.39 is 0 Å². The number of nitrogens with zero attached hydrogens (tertiary/aromatic N) is 4. The molecule has 1 fully saturated rings. The van der Waals surface area contributed by atoms with Crippen LogP contribution in [0.4, 0.5) is 0 Å². The van der Waals surface area contributed by atoms with E-state index in [4.69, 9.17) is 0 Å². The van der Waals surface area contributed by atoms with Gasteiger partial charge in [-0.15, -0.1) is 0 Å². The van der Waals surface area contributed by atoms with E-state index in [0.717, 1.165) is 12.0 Å². The lowest BCUT2D eigenvalue weighted by atomic mass is 10.1. The number of carbonyl (C=O) groups excluding carboxylic acids is 2. The average molecular weight is 338 g/mol. The summed E-state index contributed by atoms with van der Waals surface area (Å²) in [4.78, 5) is 37.0. The maximum Gasteiger partial charge on any atom is 0.274 e. The van der Waals surface area contributed by atoms with Gasteiger partial charge in [-0.3, -0.25) is 14.6 Å². The minimum Gasteiger partial charge on any atom is -0.335 e. The Bertz CT molecular complexity index is 721. The van der Waals surface area contributed by atoms with E-state index in [-0.39, 0.29) is 17.9 Å². The molecule has 1 atom stereocenters. The fourth-order valence-electron chi connectivity index (χ4n) is 3.12. The monoisotopic (exact) mass is 338 g/mol. The lowest BCUT2D eigenvalue weighted by Gasteiger charge is -2.31. The molecule has 1 aromatic heterocycles. The minimum atomic E-state index is -0.166. The Morgan fingerprint density at radius 2 is 2.04 bits per heavy atom. The van der Waals surface area contributed by atoms with Crippen molar-refractivity contribution in [1.29, 1.82) is 0 Å². The molecule has 1 saturated heterocycles. The molecular weight excluding hydrogens is 316 g/mol. The Kier molecular flexibility index (Phi) is 5.38. The number of hydrogen-bond donors (Lipinski definition) is 0. The standard InChI is InChI=1S/C19H22N4O2/c1-2-16-14-22(19(25)17-12-20-9-10-21-17)11-8-18(24)23(16)13-15-6-4-3-5-7-15/h3-7,9-10,12,16H,2,8,11,13-14H2,1H3/t16-/m1/s1. The topological polar surface area (TPSA) is 66.4 Å². The molecule has 2 heterocycles. The molecule has 0 aliphatic carbocycles. The van der Waals surface area contributed by atoms with Crippen LogP contribution in [0.1, 0.15) is 35.8 Å².